The summed E-state index contributed by atoms with van der Waals surface area (Å²) in [6.07, 6.45) is 0. The van der Waals surface area contributed by atoms with E-state index in [9.17, 15) is 9.59 Å². The van der Waals surface area contributed by atoms with Crippen molar-refractivity contribution >= 4 is 11.9 Å². The second kappa shape index (κ2) is 7.00. The van der Waals surface area contributed by atoms with Crippen LogP contribution in [0.25, 0.3) is 11.3 Å². The molecule has 0 atom stereocenters. The van der Waals surface area contributed by atoms with E-state index in [1.54, 1.807) is 25.2 Å². The van der Waals surface area contributed by atoms with Crippen LogP contribution in [0.2, 0.25) is 0 Å². The van der Waals surface area contributed by atoms with E-state index < -0.39 is 5.97 Å². The molecule has 0 aliphatic rings. The van der Waals surface area contributed by atoms with Crippen LogP contribution < -0.4 is 0 Å². The van der Waals surface area contributed by atoms with Gasteiger partial charge in [-0.25, -0.2) is 4.79 Å². The van der Waals surface area contributed by atoms with Crippen molar-refractivity contribution in [2.45, 2.75) is 6.54 Å². The van der Waals surface area contributed by atoms with Crippen molar-refractivity contribution in [1.29, 1.82) is 0 Å². The van der Waals surface area contributed by atoms with Crippen molar-refractivity contribution in [2.75, 3.05) is 7.05 Å². The maximum Gasteiger partial charge on any atom is 0.335 e. The molecule has 0 bridgehead atoms. The first-order chi connectivity index (χ1) is 12.0. The lowest BCUT2D eigenvalue weighted by atomic mass is 10.1. The Labute approximate surface area is 144 Å². The van der Waals surface area contributed by atoms with Gasteiger partial charge in [-0.05, 0) is 17.7 Å². The summed E-state index contributed by atoms with van der Waals surface area (Å²) in [5, 5.41) is 12.8. The van der Waals surface area contributed by atoms with Crippen LogP contribution in [0.15, 0.2) is 65.2 Å². The van der Waals surface area contributed by atoms with Gasteiger partial charge in [0.15, 0.2) is 11.5 Å². The van der Waals surface area contributed by atoms with E-state index in [1.807, 2.05) is 30.3 Å². The molecule has 0 aliphatic heterocycles. The normalized spacial score (nSPS) is 10.4. The highest BCUT2D eigenvalue weighted by molar-refractivity contribution is 5.93. The van der Waals surface area contributed by atoms with Crippen LogP contribution >= 0.6 is 0 Å². The molecule has 1 amide bonds. The molecule has 0 spiro atoms. The molecule has 1 aromatic heterocycles. The smallest absolute Gasteiger partial charge is 0.335 e. The quantitative estimate of drug-likeness (QED) is 0.773. The fourth-order valence-electron chi connectivity index (χ4n) is 2.41. The van der Waals surface area contributed by atoms with Crippen molar-refractivity contribution in [1.82, 2.24) is 10.1 Å². The van der Waals surface area contributed by atoms with Crippen molar-refractivity contribution in [3.63, 3.8) is 0 Å². The topological polar surface area (TPSA) is 83.6 Å². The molecule has 1 heterocycles. The Kier molecular flexibility index (Phi) is 4.61. The van der Waals surface area contributed by atoms with Crippen molar-refractivity contribution < 1.29 is 19.2 Å². The summed E-state index contributed by atoms with van der Waals surface area (Å²) >= 11 is 0. The zero-order valence-electron chi connectivity index (χ0n) is 13.5. The molecule has 1 N–H and O–H groups in total. The lowest BCUT2D eigenvalue weighted by Gasteiger charge is -2.15. The van der Waals surface area contributed by atoms with Gasteiger partial charge in [0.25, 0.3) is 5.91 Å². The maximum atomic E-state index is 12.5. The number of benzene rings is 2. The third-order valence-electron chi connectivity index (χ3n) is 3.75. The van der Waals surface area contributed by atoms with Gasteiger partial charge in [-0.15, -0.1) is 0 Å². The van der Waals surface area contributed by atoms with Gasteiger partial charge in [0.1, 0.15) is 0 Å². The van der Waals surface area contributed by atoms with Crippen LogP contribution in [-0.2, 0) is 6.54 Å². The van der Waals surface area contributed by atoms with E-state index >= 15 is 0 Å². The number of carbonyl (C=O) groups excluding carboxylic acids is 1. The summed E-state index contributed by atoms with van der Waals surface area (Å²) in [6.45, 7) is 0.340. The number of nitrogens with zero attached hydrogens (tertiary/aromatic N) is 2. The molecule has 0 aliphatic carbocycles. The summed E-state index contributed by atoms with van der Waals surface area (Å²) in [5.74, 6) is -0.719. The Morgan fingerprint density at radius 2 is 1.76 bits per heavy atom. The monoisotopic (exact) mass is 336 g/mol. The highest BCUT2D eigenvalue weighted by Gasteiger charge is 2.18. The summed E-state index contributed by atoms with van der Waals surface area (Å²) in [7, 11) is 1.66. The molecule has 0 saturated heterocycles. The molecular weight excluding hydrogens is 320 g/mol. The number of carbonyl (C=O) groups is 2. The lowest BCUT2D eigenvalue weighted by Crippen LogP contribution is -2.26. The summed E-state index contributed by atoms with van der Waals surface area (Å²) in [6, 6.07) is 17.4. The van der Waals surface area contributed by atoms with Crippen LogP contribution in [0.5, 0.6) is 0 Å². The van der Waals surface area contributed by atoms with Gasteiger partial charge < -0.3 is 14.5 Å². The molecular formula is C19H16N2O4. The minimum absolute atomic E-state index is 0.210. The molecule has 126 valence electrons. The molecule has 0 fully saturated rings. The predicted molar refractivity (Wildman–Crippen MR) is 91.1 cm³/mol. The van der Waals surface area contributed by atoms with Crippen molar-refractivity contribution in [2.24, 2.45) is 0 Å². The van der Waals surface area contributed by atoms with Gasteiger partial charge in [0, 0.05) is 25.2 Å². The first kappa shape index (κ1) is 16.4. The number of aromatic nitrogens is 1. The number of carboxylic acid groups (broad SMARTS) is 1. The number of hydrogen-bond acceptors (Lipinski definition) is 4. The van der Waals surface area contributed by atoms with E-state index in [0.29, 0.717) is 12.3 Å². The third-order valence-corrected chi connectivity index (χ3v) is 3.75. The Morgan fingerprint density at radius 1 is 1.08 bits per heavy atom. The van der Waals surface area contributed by atoms with Crippen molar-refractivity contribution in [3.8, 4) is 11.3 Å². The second-order valence-electron chi connectivity index (χ2n) is 5.61. The van der Waals surface area contributed by atoms with E-state index in [4.69, 9.17) is 9.63 Å². The fourth-order valence-corrected chi connectivity index (χ4v) is 2.41. The van der Waals surface area contributed by atoms with E-state index in [2.05, 4.69) is 5.16 Å². The van der Waals surface area contributed by atoms with Gasteiger partial charge in [0.2, 0.25) is 0 Å². The zero-order valence-corrected chi connectivity index (χ0v) is 13.5. The van der Waals surface area contributed by atoms with Gasteiger partial charge in [-0.2, -0.15) is 0 Å². The first-order valence-electron chi connectivity index (χ1n) is 7.64. The highest BCUT2D eigenvalue weighted by atomic mass is 16.5. The van der Waals surface area contributed by atoms with Crippen LogP contribution in [0.1, 0.15) is 26.4 Å². The number of amides is 1. The van der Waals surface area contributed by atoms with E-state index in [0.717, 1.165) is 11.1 Å². The SMILES string of the molecule is CN(Cc1ccc(C(=O)O)cc1)C(=O)c1cc(-c2ccccc2)on1. The minimum atomic E-state index is -0.980. The van der Waals surface area contributed by atoms with Gasteiger partial charge in [-0.1, -0.05) is 47.6 Å². The molecule has 6 nitrogen and oxygen atoms in total. The van der Waals surface area contributed by atoms with Gasteiger partial charge in [0.05, 0.1) is 5.56 Å². The van der Waals surface area contributed by atoms with Crippen LogP contribution in [0, 0.1) is 0 Å². The Bertz CT molecular complexity index is 885. The largest absolute Gasteiger partial charge is 0.478 e. The van der Waals surface area contributed by atoms with Crippen molar-refractivity contribution in [3.05, 3.63) is 77.5 Å². The minimum Gasteiger partial charge on any atom is -0.478 e. The molecule has 3 rings (SSSR count). The molecule has 0 saturated carbocycles. The average Bonchev–Trinajstić information content (AvgIpc) is 3.12. The number of aromatic carboxylic acids is 1. The molecule has 6 heteroatoms. The van der Waals surface area contributed by atoms with Crippen LogP contribution in [-0.4, -0.2) is 34.1 Å². The summed E-state index contributed by atoms with van der Waals surface area (Å²) in [5.41, 5.74) is 2.11. The standard InChI is InChI=1S/C19H16N2O4/c1-21(12-13-7-9-15(10-8-13)19(23)24)18(22)16-11-17(25-20-16)14-5-3-2-4-6-14/h2-11H,12H2,1H3,(H,23,24). The maximum absolute atomic E-state index is 12.5. The molecule has 25 heavy (non-hydrogen) atoms. The van der Waals surface area contributed by atoms with Gasteiger partial charge in [-0.3, -0.25) is 4.79 Å². The Hall–Kier alpha value is -3.41. The van der Waals surface area contributed by atoms with Gasteiger partial charge >= 0.3 is 5.97 Å². The number of rotatable bonds is 5. The molecule has 0 unspecified atom stereocenters. The molecule has 0 radical (unpaired) electrons. The summed E-state index contributed by atoms with van der Waals surface area (Å²) < 4.78 is 5.25. The average molecular weight is 336 g/mol. The second-order valence-corrected chi connectivity index (χ2v) is 5.61. The number of hydrogen-bond donors (Lipinski definition) is 1. The Morgan fingerprint density at radius 3 is 2.40 bits per heavy atom. The zero-order chi connectivity index (χ0) is 17.8. The molecule has 3 aromatic rings. The molecule has 2 aromatic carbocycles. The first-order valence-corrected chi connectivity index (χ1v) is 7.64. The predicted octanol–water partition coefficient (Wildman–Crippen LogP) is 3.31. The van der Waals surface area contributed by atoms with E-state index in [1.165, 1.54) is 17.0 Å². The Balaban J connectivity index is 1.70. The third kappa shape index (κ3) is 3.74. The van der Waals surface area contributed by atoms with Crippen LogP contribution in [0.3, 0.4) is 0 Å². The number of carboxylic acids is 1. The fraction of sp³-hybridized carbons (Fsp3) is 0.105. The highest BCUT2D eigenvalue weighted by Crippen LogP contribution is 2.20. The summed E-state index contributed by atoms with van der Waals surface area (Å²) in [4.78, 5) is 24.8. The lowest BCUT2D eigenvalue weighted by molar-refractivity contribution is 0.0695. The van der Waals surface area contributed by atoms with Crippen LogP contribution in [0.4, 0.5) is 0 Å². The van der Waals surface area contributed by atoms with E-state index in [-0.39, 0.29) is 17.2 Å².